The molecule has 0 saturated heterocycles. The average Bonchev–Trinajstić information content (AvgIpc) is 2.55. The number of amides is 1. The SMILES string of the molecule is N#Cc1ccc(C(=O)Nc2ccc(C(=O)O)cc2C#N)cc1. The lowest BCUT2D eigenvalue weighted by Crippen LogP contribution is -2.13. The van der Waals surface area contributed by atoms with Crippen molar-refractivity contribution in [2.45, 2.75) is 0 Å². The molecule has 22 heavy (non-hydrogen) atoms. The second-order valence-corrected chi connectivity index (χ2v) is 4.32. The van der Waals surface area contributed by atoms with Gasteiger partial charge >= 0.3 is 5.97 Å². The Kier molecular flexibility index (Phi) is 4.17. The smallest absolute Gasteiger partial charge is 0.335 e. The van der Waals surface area contributed by atoms with Crippen molar-refractivity contribution >= 4 is 17.6 Å². The Morgan fingerprint density at radius 1 is 0.955 bits per heavy atom. The molecule has 1 amide bonds. The lowest BCUT2D eigenvalue weighted by Gasteiger charge is -2.08. The number of carbonyl (C=O) groups excluding carboxylic acids is 1. The van der Waals surface area contributed by atoms with E-state index in [2.05, 4.69) is 5.32 Å². The molecule has 6 nitrogen and oxygen atoms in total. The third-order valence-electron chi connectivity index (χ3n) is 2.91. The second kappa shape index (κ2) is 6.21. The van der Waals surface area contributed by atoms with Crippen LogP contribution in [-0.2, 0) is 0 Å². The first-order valence-corrected chi connectivity index (χ1v) is 6.14. The van der Waals surface area contributed by atoms with Crippen LogP contribution in [0.5, 0.6) is 0 Å². The first kappa shape index (κ1) is 14.8. The number of nitriles is 2. The summed E-state index contributed by atoms with van der Waals surface area (Å²) >= 11 is 0. The van der Waals surface area contributed by atoms with Crippen LogP contribution in [0.25, 0.3) is 0 Å². The summed E-state index contributed by atoms with van der Waals surface area (Å²) in [5, 5.41) is 29.2. The zero-order valence-electron chi connectivity index (χ0n) is 11.2. The van der Waals surface area contributed by atoms with Crippen molar-refractivity contribution in [3.05, 3.63) is 64.7 Å². The molecule has 0 fully saturated rings. The number of carbonyl (C=O) groups is 2. The molecule has 0 heterocycles. The van der Waals surface area contributed by atoms with Crippen LogP contribution in [0.1, 0.15) is 31.8 Å². The van der Waals surface area contributed by atoms with Gasteiger partial charge in [-0.1, -0.05) is 0 Å². The van der Waals surface area contributed by atoms with Gasteiger partial charge in [-0.2, -0.15) is 10.5 Å². The van der Waals surface area contributed by atoms with Crippen molar-refractivity contribution < 1.29 is 14.7 Å². The molecule has 2 rings (SSSR count). The third-order valence-corrected chi connectivity index (χ3v) is 2.91. The van der Waals surface area contributed by atoms with E-state index in [1.165, 1.54) is 42.5 Å². The number of aromatic carboxylic acids is 1. The van der Waals surface area contributed by atoms with Crippen LogP contribution in [0, 0.1) is 22.7 Å². The number of hydrogen-bond donors (Lipinski definition) is 2. The molecule has 0 spiro atoms. The minimum absolute atomic E-state index is 0.0343. The Labute approximate surface area is 125 Å². The number of anilines is 1. The number of carboxylic acids is 1. The van der Waals surface area contributed by atoms with E-state index in [4.69, 9.17) is 15.6 Å². The maximum atomic E-state index is 12.1. The number of carboxylic acid groups (broad SMARTS) is 1. The van der Waals surface area contributed by atoms with Gasteiger partial charge in [0.05, 0.1) is 28.4 Å². The number of benzene rings is 2. The molecule has 0 radical (unpaired) electrons. The van der Waals surface area contributed by atoms with Gasteiger partial charge in [-0.05, 0) is 42.5 Å². The fourth-order valence-electron chi connectivity index (χ4n) is 1.77. The van der Waals surface area contributed by atoms with Gasteiger partial charge in [0.15, 0.2) is 0 Å². The molecule has 2 aromatic carbocycles. The van der Waals surface area contributed by atoms with Gasteiger partial charge < -0.3 is 10.4 Å². The molecule has 106 valence electrons. The highest BCUT2D eigenvalue weighted by molar-refractivity contribution is 6.05. The number of nitrogens with one attached hydrogen (secondary N) is 1. The van der Waals surface area contributed by atoms with Crippen LogP contribution in [-0.4, -0.2) is 17.0 Å². The highest BCUT2D eigenvalue weighted by atomic mass is 16.4. The Morgan fingerprint density at radius 2 is 1.59 bits per heavy atom. The summed E-state index contributed by atoms with van der Waals surface area (Å²) in [7, 11) is 0. The molecule has 0 saturated carbocycles. The molecule has 2 N–H and O–H groups in total. The van der Waals surface area contributed by atoms with Crippen molar-refractivity contribution in [3.8, 4) is 12.1 Å². The van der Waals surface area contributed by atoms with Crippen molar-refractivity contribution in [2.24, 2.45) is 0 Å². The Hall–Kier alpha value is -3.64. The summed E-state index contributed by atoms with van der Waals surface area (Å²) in [5.41, 5.74) is 1.00. The van der Waals surface area contributed by atoms with Gasteiger partial charge in [-0.15, -0.1) is 0 Å². The van der Waals surface area contributed by atoms with Gasteiger partial charge in [-0.25, -0.2) is 4.79 Å². The molecular formula is C16H9N3O3. The molecule has 0 bridgehead atoms. The van der Waals surface area contributed by atoms with Crippen LogP contribution in [0.3, 0.4) is 0 Å². The normalized spacial score (nSPS) is 9.36. The maximum absolute atomic E-state index is 12.1. The summed E-state index contributed by atoms with van der Waals surface area (Å²) in [5.74, 6) is -1.61. The minimum atomic E-state index is -1.15. The van der Waals surface area contributed by atoms with E-state index in [9.17, 15) is 9.59 Å². The number of hydrogen-bond acceptors (Lipinski definition) is 4. The fourth-order valence-corrected chi connectivity index (χ4v) is 1.77. The molecule has 0 aliphatic heterocycles. The summed E-state index contributed by atoms with van der Waals surface area (Å²) in [6.45, 7) is 0. The Bertz CT molecular complexity index is 827. The van der Waals surface area contributed by atoms with Gasteiger partial charge in [0.25, 0.3) is 5.91 Å². The molecule has 2 aromatic rings. The van der Waals surface area contributed by atoms with E-state index in [0.29, 0.717) is 11.1 Å². The monoisotopic (exact) mass is 291 g/mol. The zero-order chi connectivity index (χ0) is 16.1. The summed E-state index contributed by atoms with van der Waals surface area (Å²) in [6, 6.07) is 13.6. The standard InChI is InChI=1S/C16H9N3O3/c17-8-10-1-3-11(4-2-10)15(20)19-14-6-5-12(16(21)22)7-13(14)9-18/h1-7H,(H,19,20)(H,21,22). The largest absolute Gasteiger partial charge is 0.478 e. The lowest BCUT2D eigenvalue weighted by atomic mass is 10.1. The fraction of sp³-hybridized carbons (Fsp3) is 0. The van der Waals surface area contributed by atoms with Crippen LogP contribution < -0.4 is 5.32 Å². The summed E-state index contributed by atoms with van der Waals surface area (Å²) in [4.78, 5) is 22.9. The molecular weight excluding hydrogens is 282 g/mol. The van der Waals surface area contributed by atoms with Crippen LogP contribution in [0.4, 0.5) is 5.69 Å². The lowest BCUT2D eigenvalue weighted by molar-refractivity contribution is 0.0696. The average molecular weight is 291 g/mol. The van der Waals surface area contributed by atoms with E-state index >= 15 is 0 Å². The van der Waals surface area contributed by atoms with E-state index in [1.54, 1.807) is 0 Å². The molecule has 0 atom stereocenters. The van der Waals surface area contributed by atoms with Gasteiger partial charge in [0, 0.05) is 5.56 Å². The van der Waals surface area contributed by atoms with Crippen LogP contribution in [0.15, 0.2) is 42.5 Å². The van der Waals surface area contributed by atoms with E-state index in [-0.39, 0.29) is 16.8 Å². The highest BCUT2D eigenvalue weighted by Crippen LogP contribution is 2.18. The maximum Gasteiger partial charge on any atom is 0.335 e. The van der Waals surface area contributed by atoms with Crippen molar-refractivity contribution in [1.29, 1.82) is 10.5 Å². The molecule has 0 aliphatic rings. The number of rotatable bonds is 3. The topological polar surface area (TPSA) is 114 Å². The van der Waals surface area contributed by atoms with Crippen molar-refractivity contribution in [3.63, 3.8) is 0 Å². The zero-order valence-corrected chi connectivity index (χ0v) is 11.2. The molecule has 6 heteroatoms. The van der Waals surface area contributed by atoms with E-state index in [0.717, 1.165) is 0 Å². The van der Waals surface area contributed by atoms with E-state index < -0.39 is 11.9 Å². The quantitative estimate of drug-likeness (QED) is 0.901. The van der Waals surface area contributed by atoms with Gasteiger partial charge in [0.1, 0.15) is 6.07 Å². The second-order valence-electron chi connectivity index (χ2n) is 4.32. The Morgan fingerprint density at radius 3 is 2.14 bits per heavy atom. The molecule has 0 unspecified atom stereocenters. The predicted molar refractivity (Wildman–Crippen MR) is 77.2 cm³/mol. The highest BCUT2D eigenvalue weighted by Gasteiger charge is 2.12. The molecule has 0 aromatic heterocycles. The van der Waals surface area contributed by atoms with E-state index in [1.807, 2.05) is 12.1 Å². The summed E-state index contributed by atoms with van der Waals surface area (Å²) < 4.78 is 0. The minimum Gasteiger partial charge on any atom is -0.478 e. The summed E-state index contributed by atoms with van der Waals surface area (Å²) in [6.07, 6.45) is 0. The van der Waals surface area contributed by atoms with Crippen molar-refractivity contribution in [1.82, 2.24) is 0 Å². The first-order chi connectivity index (χ1) is 10.5. The predicted octanol–water partition coefficient (Wildman–Crippen LogP) is 2.38. The van der Waals surface area contributed by atoms with Gasteiger partial charge in [-0.3, -0.25) is 4.79 Å². The third kappa shape index (κ3) is 3.09. The Balaban J connectivity index is 2.26. The number of nitrogens with zero attached hydrogens (tertiary/aromatic N) is 2. The van der Waals surface area contributed by atoms with Crippen molar-refractivity contribution in [2.75, 3.05) is 5.32 Å². The van der Waals surface area contributed by atoms with Crippen LogP contribution in [0.2, 0.25) is 0 Å². The van der Waals surface area contributed by atoms with Crippen LogP contribution >= 0.6 is 0 Å². The van der Waals surface area contributed by atoms with Gasteiger partial charge in [0.2, 0.25) is 0 Å². The first-order valence-electron chi connectivity index (χ1n) is 6.14. The molecule has 0 aliphatic carbocycles.